The number of esters is 1. The van der Waals surface area contributed by atoms with Crippen molar-refractivity contribution in [3.8, 4) is 0 Å². The van der Waals surface area contributed by atoms with Gasteiger partial charge in [0.25, 0.3) is 0 Å². The molecule has 3 nitrogen and oxygen atoms in total. The van der Waals surface area contributed by atoms with Gasteiger partial charge in [-0.25, -0.2) is 0 Å². The predicted octanol–water partition coefficient (Wildman–Crippen LogP) is 2.91. The molecule has 0 aromatic rings. The number of carbonyl (C=O) groups is 2. The van der Waals surface area contributed by atoms with Crippen molar-refractivity contribution in [2.45, 2.75) is 33.6 Å². The average molecular weight is 262 g/mol. The third kappa shape index (κ3) is 1.44. The van der Waals surface area contributed by atoms with Crippen molar-refractivity contribution in [2.24, 2.45) is 22.7 Å². The first-order chi connectivity index (χ1) is 8.86. The second-order valence-corrected chi connectivity index (χ2v) is 6.09. The van der Waals surface area contributed by atoms with E-state index in [1.165, 1.54) is 7.11 Å². The molecule has 0 aliphatic heterocycles. The molecule has 1 unspecified atom stereocenters. The molecule has 1 saturated carbocycles. The second-order valence-electron chi connectivity index (χ2n) is 6.09. The number of carbonyl (C=O) groups excluding carboxylic acids is 2. The Hall–Kier alpha value is -1.38. The lowest BCUT2D eigenvalue weighted by Crippen LogP contribution is -2.56. The van der Waals surface area contributed by atoms with Gasteiger partial charge in [-0.2, -0.15) is 0 Å². The van der Waals surface area contributed by atoms with Crippen molar-refractivity contribution in [1.29, 1.82) is 0 Å². The molecule has 104 valence electrons. The van der Waals surface area contributed by atoms with Gasteiger partial charge in [0.15, 0.2) is 5.78 Å². The minimum absolute atomic E-state index is 0.0162. The van der Waals surface area contributed by atoms with Crippen LogP contribution >= 0.6 is 0 Å². The van der Waals surface area contributed by atoms with E-state index in [0.29, 0.717) is 0 Å². The van der Waals surface area contributed by atoms with Gasteiger partial charge in [-0.1, -0.05) is 33.4 Å². The highest BCUT2D eigenvalue weighted by molar-refractivity contribution is 6.12. The van der Waals surface area contributed by atoms with E-state index in [4.69, 9.17) is 4.74 Å². The summed E-state index contributed by atoms with van der Waals surface area (Å²) in [4.78, 5) is 25.1. The van der Waals surface area contributed by atoms with Gasteiger partial charge in [0.05, 0.1) is 7.11 Å². The molecule has 0 radical (unpaired) electrons. The molecular formula is C16H22O3. The van der Waals surface area contributed by atoms with Crippen LogP contribution in [0.2, 0.25) is 0 Å². The highest BCUT2D eigenvalue weighted by Gasteiger charge is 2.68. The molecule has 2 aliphatic carbocycles. The van der Waals surface area contributed by atoms with Gasteiger partial charge in [0, 0.05) is 0 Å². The number of fused-ring (bicyclic) bond motifs is 1. The van der Waals surface area contributed by atoms with Gasteiger partial charge in [0.2, 0.25) is 0 Å². The van der Waals surface area contributed by atoms with Crippen molar-refractivity contribution >= 4 is 11.8 Å². The molecule has 0 heterocycles. The first-order valence-corrected chi connectivity index (χ1v) is 6.83. The topological polar surface area (TPSA) is 43.4 Å². The minimum atomic E-state index is -1.02. The summed E-state index contributed by atoms with van der Waals surface area (Å²) < 4.78 is 5.00. The van der Waals surface area contributed by atoms with E-state index in [2.05, 4.69) is 13.5 Å². The quantitative estimate of drug-likeness (QED) is 0.567. The Morgan fingerprint density at radius 2 is 2.16 bits per heavy atom. The summed E-state index contributed by atoms with van der Waals surface area (Å²) in [6.07, 6.45) is 5.07. The minimum Gasteiger partial charge on any atom is -0.468 e. The maximum atomic E-state index is 12.7. The Labute approximate surface area is 114 Å². The maximum absolute atomic E-state index is 12.7. The molecule has 1 fully saturated rings. The van der Waals surface area contributed by atoms with Crippen LogP contribution in [-0.4, -0.2) is 18.9 Å². The van der Waals surface area contributed by atoms with Crippen molar-refractivity contribution in [2.75, 3.05) is 7.11 Å². The summed E-state index contributed by atoms with van der Waals surface area (Å²) in [7, 11) is 1.37. The zero-order chi connectivity index (χ0) is 14.4. The van der Waals surface area contributed by atoms with E-state index in [0.717, 1.165) is 18.4 Å². The molecule has 0 bridgehead atoms. The van der Waals surface area contributed by atoms with Crippen molar-refractivity contribution in [3.63, 3.8) is 0 Å². The first kappa shape index (κ1) is 14.0. The van der Waals surface area contributed by atoms with Crippen LogP contribution in [0.5, 0.6) is 0 Å². The Kier molecular flexibility index (Phi) is 3.20. The molecule has 3 heteroatoms. The summed E-state index contributed by atoms with van der Waals surface area (Å²) in [5.74, 6) is -0.342. The number of allylic oxidation sites excluding steroid dienone is 3. The largest absolute Gasteiger partial charge is 0.468 e. The third-order valence-corrected chi connectivity index (χ3v) is 5.62. The molecule has 0 amide bonds. The van der Waals surface area contributed by atoms with Gasteiger partial charge >= 0.3 is 5.97 Å². The van der Waals surface area contributed by atoms with E-state index in [-0.39, 0.29) is 29.0 Å². The maximum Gasteiger partial charge on any atom is 0.320 e. The number of hydrogen-bond donors (Lipinski definition) is 0. The summed E-state index contributed by atoms with van der Waals surface area (Å²) in [5, 5.41) is 0. The van der Waals surface area contributed by atoms with Gasteiger partial charge < -0.3 is 4.74 Å². The fraction of sp³-hybridized carbons (Fsp3) is 0.625. The molecule has 0 saturated heterocycles. The standard InChI is InChI=1S/C16H22O3/c1-6-12-9-13(17)16(14(18)19-5)10(2)7-8-15(16,4)11(12)3/h6,9-11H,1,7-8H2,2-5H3/t10-,11-,15+,16?/m1/s1. The van der Waals surface area contributed by atoms with Crippen LogP contribution in [0.1, 0.15) is 33.6 Å². The molecule has 4 atom stereocenters. The fourth-order valence-electron chi connectivity index (χ4n) is 4.26. The summed E-state index contributed by atoms with van der Waals surface area (Å²) in [6.45, 7) is 9.90. The molecule has 0 aromatic heterocycles. The van der Waals surface area contributed by atoms with E-state index in [9.17, 15) is 9.59 Å². The van der Waals surface area contributed by atoms with E-state index in [1.807, 2.05) is 13.8 Å². The van der Waals surface area contributed by atoms with E-state index < -0.39 is 5.41 Å². The van der Waals surface area contributed by atoms with Crippen LogP contribution in [0.4, 0.5) is 0 Å². The first-order valence-electron chi connectivity index (χ1n) is 6.83. The number of ketones is 1. The lowest BCUT2D eigenvalue weighted by atomic mass is 9.52. The smallest absolute Gasteiger partial charge is 0.320 e. The molecule has 0 spiro atoms. The van der Waals surface area contributed by atoms with Crippen LogP contribution in [-0.2, 0) is 14.3 Å². The van der Waals surface area contributed by atoms with Crippen molar-refractivity contribution in [1.82, 2.24) is 0 Å². The van der Waals surface area contributed by atoms with Crippen LogP contribution < -0.4 is 0 Å². The normalized spacial score (nSPS) is 41.5. The fourth-order valence-corrected chi connectivity index (χ4v) is 4.26. The third-order valence-electron chi connectivity index (χ3n) is 5.62. The summed E-state index contributed by atoms with van der Waals surface area (Å²) in [5.41, 5.74) is -0.469. The second kappa shape index (κ2) is 4.32. The monoisotopic (exact) mass is 262 g/mol. The Bertz CT molecular complexity index is 476. The highest BCUT2D eigenvalue weighted by atomic mass is 16.5. The van der Waals surface area contributed by atoms with Gasteiger partial charge in [-0.3, -0.25) is 9.59 Å². The zero-order valence-electron chi connectivity index (χ0n) is 12.2. The zero-order valence-corrected chi connectivity index (χ0v) is 12.2. The number of rotatable bonds is 2. The molecule has 19 heavy (non-hydrogen) atoms. The Balaban J connectivity index is 2.70. The number of ether oxygens (including phenoxy) is 1. The SMILES string of the molecule is C=CC1=CC(=O)C2(C(=O)OC)[C@H](C)CC[C@@]2(C)[C@@H]1C. The van der Waals surface area contributed by atoms with Gasteiger partial charge in [-0.05, 0) is 41.7 Å². The number of methoxy groups -OCH3 is 1. The lowest BCUT2D eigenvalue weighted by molar-refractivity contribution is -0.170. The summed E-state index contributed by atoms with van der Waals surface area (Å²) >= 11 is 0. The Morgan fingerprint density at radius 3 is 2.68 bits per heavy atom. The van der Waals surface area contributed by atoms with Crippen LogP contribution in [0.3, 0.4) is 0 Å². The molecule has 2 aliphatic rings. The molecule has 2 rings (SSSR count). The van der Waals surface area contributed by atoms with Gasteiger partial charge in [0.1, 0.15) is 5.41 Å². The lowest BCUT2D eigenvalue weighted by Gasteiger charge is -2.48. The van der Waals surface area contributed by atoms with Crippen LogP contribution in [0.15, 0.2) is 24.3 Å². The van der Waals surface area contributed by atoms with E-state index in [1.54, 1.807) is 12.2 Å². The molecule has 0 aromatic carbocycles. The average Bonchev–Trinajstić information content (AvgIpc) is 2.68. The number of hydrogen-bond acceptors (Lipinski definition) is 3. The molecule has 0 N–H and O–H groups in total. The van der Waals surface area contributed by atoms with E-state index >= 15 is 0 Å². The highest BCUT2D eigenvalue weighted by Crippen LogP contribution is 2.64. The Morgan fingerprint density at radius 1 is 1.53 bits per heavy atom. The molecular weight excluding hydrogens is 240 g/mol. The van der Waals surface area contributed by atoms with Crippen LogP contribution in [0, 0.1) is 22.7 Å². The van der Waals surface area contributed by atoms with Crippen molar-refractivity contribution < 1.29 is 14.3 Å². The predicted molar refractivity (Wildman–Crippen MR) is 73.4 cm³/mol. The van der Waals surface area contributed by atoms with Crippen LogP contribution in [0.25, 0.3) is 0 Å². The summed E-state index contributed by atoms with van der Waals surface area (Å²) in [6, 6.07) is 0. The van der Waals surface area contributed by atoms with Crippen molar-refractivity contribution in [3.05, 3.63) is 24.3 Å². The van der Waals surface area contributed by atoms with Gasteiger partial charge in [-0.15, -0.1) is 0 Å².